The summed E-state index contributed by atoms with van der Waals surface area (Å²) in [6.45, 7) is 6.22. The Morgan fingerprint density at radius 3 is 2.71 bits per heavy atom. The van der Waals surface area contributed by atoms with E-state index in [0.717, 1.165) is 32.2 Å². The quantitative estimate of drug-likeness (QED) is 0.755. The van der Waals surface area contributed by atoms with Gasteiger partial charge in [0.05, 0.1) is 0 Å². The summed E-state index contributed by atoms with van der Waals surface area (Å²) in [5.74, 6) is 1.39. The summed E-state index contributed by atoms with van der Waals surface area (Å²) in [7, 11) is 2.19. The number of carbonyl (C=O) groups excluding carboxylic acids is 1. The van der Waals surface area contributed by atoms with Gasteiger partial charge in [0.2, 0.25) is 5.91 Å². The largest absolute Gasteiger partial charge is 0.355 e. The van der Waals surface area contributed by atoms with Crippen LogP contribution in [-0.2, 0) is 4.79 Å². The van der Waals surface area contributed by atoms with Crippen molar-refractivity contribution in [3.63, 3.8) is 0 Å². The fourth-order valence-electron chi connectivity index (χ4n) is 3.80. The van der Waals surface area contributed by atoms with E-state index < -0.39 is 0 Å². The average Bonchev–Trinajstić information content (AvgIpc) is 3.02. The lowest BCUT2D eigenvalue weighted by Gasteiger charge is -2.28. The molecule has 2 atom stereocenters. The van der Waals surface area contributed by atoms with Crippen LogP contribution in [0.5, 0.6) is 0 Å². The van der Waals surface area contributed by atoms with Crippen LogP contribution in [0.1, 0.15) is 51.9 Å². The van der Waals surface area contributed by atoms with Gasteiger partial charge in [-0.3, -0.25) is 4.79 Å². The molecule has 1 saturated carbocycles. The van der Waals surface area contributed by atoms with Crippen LogP contribution in [0.25, 0.3) is 0 Å². The van der Waals surface area contributed by atoms with Crippen LogP contribution in [0.4, 0.5) is 0 Å². The summed E-state index contributed by atoms with van der Waals surface area (Å²) in [6.07, 6.45) is 8.60. The molecule has 0 radical (unpaired) electrons. The van der Waals surface area contributed by atoms with Crippen molar-refractivity contribution in [2.24, 2.45) is 11.8 Å². The lowest BCUT2D eigenvalue weighted by Crippen LogP contribution is -2.39. The van der Waals surface area contributed by atoms with Crippen LogP contribution in [0.2, 0.25) is 0 Å². The van der Waals surface area contributed by atoms with Crippen LogP contribution in [-0.4, -0.2) is 50.1 Å². The number of nitrogens with one attached hydrogen (secondary N) is 2. The molecule has 0 aromatic carbocycles. The fourth-order valence-corrected chi connectivity index (χ4v) is 3.80. The van der Waals surface area contributed by atoms with E-state index in [1.807, 2.05) is 0 Å². The first-order valence-electron chi connectivity index (χ1n) is 8.84. The molecule has 2 rings (SSSR count). The van der Waals surface area contributed by atoms with E-state index in [1.165, 1.54) is 38.5 Å². The zero-order chi connectivity index (χ0) is 15.1. The van der Waals surface area contributed by atoms with Gasteiger partial charge in [-0.25, -0.2) is 0 Å². The second-order valence-electron chi connectivity index (χ2n) is 7.06. The van der Waals surface area contributed by atoms with Gasteiger partial charge in [0, 0.05) is 25.6 Å². The first kappa shape index (κ1) is 16.8. The summed E-state index contributed by atoms with van der Waals surface area (Å²) in [5, 5.41) is 6.55. The summed E-state index contributed by atoms with van der Waals surface area (Å²) < 4.78 is 0. The molecular formula is C17H33N3O. The highest BCUT2D eigenvalue weighted by Gasteiger charge is 2.22. The fraction of sp³-hybridized carbons (Fsp3) is 0.941. The van der Waals surface area contributed by atoms with Gasteiger partial charge in [-0.2, -0.15) is 0 Å². The third-order valence-corrected chi connectivity index (χ3v) is 5.38. The number of amides is 1. The molecule has 2 N–H and O–H groups in total. The van der Waals surface area contributed by atoms with Gasteiger partial charge >= 0.3 is 0 Å². The average molecular weight is 295 g/mol. The SMILES string of the molecule is CC(CC(=O)NCCN(C)C1CCCC1)C1CCCNC1. The molecule has 1 heterocycles. The highest BCUT2D eigenvalue weighted by molar-refractivity contribution is 5.76. The standard InChI is InChI=1S/C17H33N3O/c1-14(15-6-5-9-18-13-15)12-17(21)19-10-11-20(2)16-7-3-4-8-16/h14-16,18H,3-13H2,1-2H3,(H,19,21). The van der Waals surface area contributed by atoms with Gasteiger partial charge in [0.1, 0.15) is 0 Å². The molecule has 4 nitrogen and oxygen atoms in total. The highest BCUT2D eigenvalue weighted by atomic mass is 16.1. The molecule has 1 aliphatic heterocycles. The third-order valence-electron chi connectivity index (χ3n) is 5.38. The Morgan fingerprint density at radius 2 is 2.05 bits per heavy atom. The number of hydrogen-bond acceptors (Lipinski definition) is 3. The van der Waals surface area contributed by atoms with Crippen LogP contribution in [0.15, 0.2) is 0 Å². The van der Waals surface area contributed by atoms with Crippen molar-refractivity contribution in [2.45, 2.75) is 57.9 Å². The van der Waals surface area contributed by atoms with E-state index in [4.69, 9.17) is 0 Å². The summed E-state index contributed by atoms with van der Waals surface area (Å²) in [6, 6.07) is 0.745. The van der Waals surface area contributed by atoms with Gasteiger partial charge in [-0.1, -0.05) is 19.8 Å². The van der Waals surface area contributed by atoms with Gasteiger partial charge in [-0.05, 0) is 57.7 Å². The molecule has 1 saturated heterocycles. The van der Waals surface area contributed by atoms with Crippen molar-refractivity contribution < 1.29 is 4.79 Å². The molecule has 122 valence electrons. The molecule has 0 spiro atoms. The van der Waals surface area contributed by atoms with E-state index in [9.17, 15) is 4.79 Å². The first-order chi connectivity index (χ1) is 10.2. The lowest BCUT2D eigenvalue weighted by molar-refractivity contribution is -0.122. The highest BCUT2D eigenvalue weighted by Crippen LogP contribution is 2.23. The van der Waals surface area contributed by atoms with E-state index in [-0.39, 0.29) is 5.91 Å². The minimum atomic E-state index is 0.230. The molecule has 2 aliphatic rings. The van der Waals surface area contributed by atoms with Crippen molar-refractivity contribution in [1.29, 1.82) is 0 Å². The zero-order valence-corrected chi connectivity index (χ0v) is 13.9. The van der Waals surface area contributed by atoms with Crippen molar-refractivity contribution in [3.8, 4) is 0 Å². The first-order valence-corrected chi connectivity index (χ1v) is 8.84. The molecule has 0 aromatic heterocycles. The van der Waals surface area contributed by atoms with Gasteiger partial charge in [-0.15, -0.1) is 0 Å². The molecule has 0 bridgehead atoms. The molecular weight excluding hydrogens is 262 g/mol. The maximum Gasteiger partial charge on any atom is 0.220 e. The van der Waals surface area contributed by atoms with E-state index in [2.05, 4.69) is 29.5 Å². The summed E-state index contributed by atoms with van der Waals surface area (Å²) in [5.41, 5.74) is 0. The second kappa shape index (κ2) is 8.74. The van der Waals surface area contributed by atoms with E-state index in [0.29, 0.717) is 18.3 Å². The molecule has 2 fully saturated rings. The van der Waals surface area contributed by atoms with Crippen molar-refractivity contribution in [3.05, 3.63) is 0 Å². The van der Waals surface area contributed by atoms with Crippen molar-refractivity contribution >= 4 is 5.91 Å². The molecule has 21 heavy (non-hydrogen) atoms. The van der Waals surface area contributed by atoms with Crippen LogP contribution in [0, 0.1) is 11.8 Å². The molecule has 2 unspecified atom stereocenters. The molecule has 1 aliphatic carbocycles. The minimum Gasteiger partial charge on any atom is -0.355 e. The summed E-state index contributed by atoms with van der Waals surface area (Å²) >= 11 is 0. The maximum absolute atomic E-state index is 12.0. The number of nitrogens with zero attached hydrogens (tertiary/aromatic N) is 1. The van der Waals surface area contributed by atoms with Gasteiger partial charge in [0.25, 0.3) is 0 Å². The van der Waals surface area contributed by atoms with Gasteiger partial charge in [0.15, 0.2) is 0 Å². The topological polar surface area (TPSA) is 44.4 Å². The van der Waals surface area contributed by atoms with E-state index >= 15 is 0 Å². The normalized spacial score (nSPS) is 25.2. The summed E-state index contributed by atoms with van der Waals surface area (Å²) in [4.78, 5) is 14.5. The number of likely N-dealkylation sites (N-methyl/N-ethyl adjacent to an activating group) is 1. The lowest BCUT2D eigenvalue weighted by atomic mass is 9.85. The molecule has 1 amide bonds. The van der Waals surface area contributed by atoms with Crippen molar-refractivity contribution in [1.82, 2.24) is 15.5 Å². The number of hydrogen-bond donors (Lipinski definition) is 2. The van der Waals surface area contributed by atoms with Crippen LogP contribution in [0.3, 0.4) is 0 Å². The van der Waals surface area contributed by atoms with Crippen molar-refractivity contribution in [2.75, 3.05) is 33.2 Å². The Hall–Kier alpha value is -0.610. The smallest absolute Gasteiger partial charge is 0.220 e. The monoisotopic (exact) mass is 295 g/mol. The Bertz CT molecular complexity index is 309. The Morgan fingerprint density at radius 1 is 1.29 bits per heavy atom. The van der Waals surface area contributed by atoms with Gasteiger partial charge < -0.3 is 15.5 Å². The van der Waals surface area contributed by atoms with E-state index in [1.54, 1.807) is 0 Å². The third kappa shape index (κ3) is 5.59. The number of carbonyl (C=O) groups is 1. The second-order valence-corrected chi connectivity index (χ2v) is 7.06. The van der Waals surface area contributed by atoms with Crippen LogP contribution >= 0.6 is 0 Å². The minimum absolute atomic E-state index is 0.230. The number of rotatable bonds is 7. The predicted octanol–water partition coefficient (Wildman–Crippen LogP) is 2.00. The Kier molecular flexibility index (Phi) is 6.97. The van der Waals surface area contributed by atoms with Crippen LogP contribution < -0.4 is 10.6 Å². The predicted molar refractivity (Wildman–Crippen MR) is 87.3 cm³/mol. The zero-order valence-electron chi connectivity index (χ0n) is 13.9. The maximum atomic E-state index is 12.0. The number of piperidine rings is 1. The molecule has 4 heteroatoms. The Labute approximate surface area is 130 Å². The Balaban J connectivity index is 1.58. The molecule has 0 aromatic rings.